The molecule has 17 heavy (non-hydrogen) atoms. The van der Waals surface area contributed by atoms with Crippen molar-refractivity contribution in [2.24, 2.45) is 0 Å². The minimum absolute atomic E-state index is 0.107. The Morgan fingerprint density at radius 1 is 1.47 bits per heavy atom. The fourth-order valence-electron chi connectivity index (χ4n) is 2.53. The summed E-state index contributed by atoms with van der Waals surface area (Å²) >= 11 is 0. The van der Waals surface area contributed by atoms with Crippen LogP contribution in [0.25, 0.3) is 0 Å². The lowest BCUT2D eigenvalue weighted by Crippen LogP contribution is -2.36. The maximum atomic E-state index is 9.18. The Kier molecular flexibility index (Phi) is 3.94. The van der Waals surface area contributed by atoms with Gasteiger partial charge in [0.05, 0.1) is 24.1 Å². The van der Waals surface area contributed by atoms with Crippen LogP contribution in [0.3, 0.4) is 0 Å². The van der Waals surface area contributed by atoms with Crippen LogP contribution in [0.2, 0.25) is 0 Å². The molecule has 1 N–H and O–H groups in total. The zero-order valence-corrected chi connectivity index (χ0v) is 9.84. The third-order valence-electron chi connectivity index (χ3n) is 3.34. The molecule has 0 atom stereocenters. The Labute approximate surface area is 102 Å². The summed E-state index contributed by atoms with van der Waals surface area (Å²) in [7, 11) is 0. The highest BCUT2D eigenvalue weighted by Crippen LogP contribution is 2.29. The number of hydrogen-bond donors (Lipinski definition) is 1. The highest BCUT2D eigenvalue weighted by molar-refractivity contribution is 5.58. The number of anilines is 1. The van der Waals surface area contributed by atoms with Crippen molar-refractivity contribution in [3.05, 3.63) is 24.0 Å². The summed E-state index contributed by atoms with van der Waals surface area (Å²) < 4.78 is 0. The van der Waals surface area contributed by atoms with Gasteiger partial charge in [-0.05, 0) is 18.9 Å². The third kappa shape index (κ3) is 2.56. The summed E-state index contributed by atoms with van der Waals surface area (Å²) in [6.07, 6.45) is 8.10. The van der Waals surface area contributed by atoms with Gasteiger partial charge in [0.25, 0.3) is 0 Å². The van der Waals surface area contributed by atoms with Gasteiger partial charge in [0.15, 0.2) is 0 Å². The number of aromatic nitrogens is 1. The molecule has 1 aromatic heterocycles. The van der Waals surface area contributed by atoms with Crippen molar-refractivity contribution >= 4 is 5.69 Å². The van der Waals surface area contributed by atoms with Crippen molar-refractivity contribution in [3.63, 3.8) is 0 Å². The van der Waals surface area contributed by atoms with Crippen molar-refractivity contribution in [2.45, 2.75) is 31.7 Å². The van der Waals surface area contributed by atoms with E-state index in [1.807, 2.05) is 0 Å². The number of aliphatic hydroxyl groups is 1. The second kappa shape index (κ2) is 5.65. The highest BCUT2D eigenvalue weighted by atomic mass is 16.3. The summed E-state index contributed by atoms with van der Waals surface area (Å²) in [5.41, 5.74) is 1.50. The lowest BCUT2D eigenvalue weighted by Gasteiger charge is -2.30. The van der Waals surface area contributed by atoms with Crippen LogP contribution in [-0.2, 0) is 0 Å². The number of aliphatic hydroxyl groups excluding tert-OH is 1. The van der Waals surface area contributed by atoms with Crippen molar-refractivity contribution in [1.29, 1.82) is 5.26 Å². The molecule has 4 nitrogen and oxygen atoms in total. The van der Waals surface area contributed by atoms with Crippen molar-refractivity contribution in [2.75, 3.05) is 18.1 Å². The molecule has 0 spiro atoms. The fraction of sp³-hybridized carbons (Fsp3) is 0.538. The molecule has 1 saturated carbocycles. The van der Waals surface area contributed by atoms with E-state index in [0.717, 1.165) is 18.5 Å². The van der Waals surface area contributed by atoms with E-state index in [4.69, 9.17) is 5.26 Å². The van der Waals surface area contributed by atoms with E-state index in [0.29, 0.717) is 18.2 Å². The van der Waals surface area contributed by atoms with Gasteiger partial charge < -0.3 is 10.0 Å². The molecule has 0 aromatic carbocycles. The number of nitriles is 1. The zero-order chi connectivity index (χ0) is 12.1. The monoisotopic (exact) mass is 231 g/mol. The predicted molar refractivity (Wildman–Crippen MR) is 65.6 cm³/mol. The SMILES string of the molecule is N#Cc1ccncc1N(CCO)C1CCCC1. The van der Waals surface area contributed by atoms with E-state index >= 15 is 0 Å². The maximum absolute atomic E-state index is 9.18. The molecule has 0 saturated heterocycles. The molecule has 1 heterocycles. The second-order valence-electron chi connectivity index (χ2n) is 4.36. The maximum Gasteiger partial charge on any atom is 0.101 e. The lowest BCUT2D eigenvalue weighted by molar-refractivity contribution is 0.297. The van der Waals surface area contributed by atoms with Crippen LogP contribution in [0.4, 0.5) is 5.69 Å². The van der Waals surface area contributed by atoms with Crippen LogP contribution in [0.15, 0.2) is 18.5 Å². The van der Waals surface area contributed by atoms with Gasteiger partial charge in [0.2, 0.25) is 0 Å². The zero-order valence-electron chi connectivity index (χ0n) is 9.84. The van der Waals surface area contributed by atoms with E-state index in [1.165, 1.54) is 12.8 Å². The van der Waals surface area contributed by atoms with Crippen LogP contribution in [0.5, 0.6) is 0 Å². The van der Waals surface area contributed by atoms with Gasteiger partial charge in [-0.25, -0.2) is 0 Å². The minimum Gasteiger partial charge on any atom is -0.395 e. The molecule has 0 bridgehead atoms. The molecule has 1 aromatic rings. The summed E-state index contributed by atoms with van der Waals surface area (Å²) in [5.74, 6) is 0. The first-order valence-electron chi connectivity index (χ1n) is 6.08. The van der Waals surface area contributed by atoms with Crippen molar-refractivity contribution in [3.8, 4) is 6.07 Å². The third-order valence-corrected chi connectivity index (χ3v) is 3.34. The first kappa shape index (κ1) is 11.9. The van der Waals surface area contributed by atoms with Gasteiger partial charge >= 0.3 is 0 Å². The average Bonchev–Trinajstić information content (AvgIpc) is 2.89. The predicted octanol–water partition coefficient (Wildman–Crippen LogP) is 1.69. The van der Waals surface area contributed by atoms with Gasteiger partial charge in [-0.2, -0.15) is 5.26 Å². The number of nitrogens with zero attached hydrogens (tertiary/aromatic N) is 3. The quantitative estimate of drug-likeness (QED) is 0.856. The number of pyridine rings is 1. The molecule has 0 radical (unpaired) electrons. The Balaban J connectivity index is 2.28. The average molecular weight is 231 g/mol. The summed E-state index contributed by atoms with van der Waals surface area (Å²) in [5, 5.41) is 18.3. The standard InChI is InChI=1S/C13H17N3O/c14-9-11-5-6-15-10-13(11)16(7-8-17)12-3-1-2-4-12/h5-6,10,12,17H,1-4,7-8H2. The molecular weight excluding hydrogens is 214 g/mol. The Bertz CT molecular complexity index is 407. The minimum atomic E-state index is 0.107. The topological polar surface area (TPSA) is 60.2 Å². The Morgan fingerprint density at radius 3 is 2.88 bits per heavy atom. The molecule has 1 fully saturated rings. The molecule has 0 unspecified atom stereocenters. The summed E-state index contributed by atoms with van der Waals surface area (Å²) in [4.78, 5) is 6.23. The summed E-state index contributed by atoms with van der Waals surface area (Å²) in [6.45, 7) is 0.682. The van der Waals surface area contributed by atoms with Crippen LogP contribution in [0.1, 0.15) is 31.2 Å². The molecule has 0 amide bonds. The number of rotatable bonds is 4. The van der Waals surface area contributed by atoms with E-state index in [-0.39, 0.29) is 6.61 Å². The van der Waals surface area contributed by atoms with Crippen LogP contribution >= 0.6 is 0 Å². The second-order valence-corrected chi connectivity index (χ2v) is 4.36. The van der Waals surface area contributed by atoms with Gasteiger partial charge in [0, 0.05) is 18.8 Å². The molecule has 1 aliphatic rings. The van der Waals surface area contributed by atoms with E-state index in [1.54, 1.807) is 18.5 Å². The van der Waals surface area contributed by atoms with Crippen LogP contribution in [-0.4, -0.2) is 29.3 Å². The lowest BCUT2D eigenvalue weighted by atomic mass is 10.1. The van der Waals surface area contributed by atoms with E-state index in [9.17, 15) is 5.11 Å². The fourth-order valence-corrected chi connectivity index (χ4v) is 2.53. The normalized spacial score (nSPS) is 15.8. The first-order chi connectivity index (χ1) is 8.36. The Hall–Kier alpha value is -1.60. The highest BCUT2D eigenvalue weighted by Gasteiger charge is 2.24. The van der Waals surface area contributed by atoms with Crippen molar-refractivity contribution in [1.82, 2.24) is 4.98 Å². The molecule has 0 aliphatic heterocycles. The largest absolute Gasteiger partial charge is 0.395 e. The van der Waals surface area contributed by atoms with E-state index in [2.05, 4.69) is 16.0 Å². The molecule has 1 aliphatic carbocycles. The van der Waals surface area contributed by atoms with Crippen molar-refractivity contribution < 1.29 is 5.11 Å². The van der Waals surface area contributed by atoms with Crippen LogP contribution in [0, 0.1) is 11.3 Å². The van der Waals surface area contributed by atoms with Crippen LogP contribution < -0.4 is 4.90 Å². The van der Waals surface area contributed by atoms with Gasteiger partial charge in [-0.15, -0.1) is 0 Å². The number of hydrogen-bond acceptors (Lipinski definition) is 4. The van der Waals surface area contributed by atoms with Gasteiger partial charge in [-0.3, -0.25) is 4.98 Å². The molecule has 90 valence electrons. The Morgan fingerprint density at radius 2 is 2.24 bits per heavy atom. The molecule has 4 heteroatoms. The first-order valence-corrected chi connectivity index (χ1v) is 6.08. The molecular formula is C13H17N3O. The van der Waals surface area contributed by atoms with E-state index < -0.39 is 0 Å². The van der Waals surface area contributed by atoms with Gasteiger partial charge in [0.1, 0.15) is 6.07 Å². The smallest absolute Gasteiger partial charge is 0.101 e. The van der Waals surface area contributed by atoms with Gasteiger partial charge in [-0.1, -0.05) is 12.8 Å². The molecule has 2 rings (SSSR count). The summed E-state index contributed by atoms with van der Waals surface area (Å²) in [6, 6.07) is 4.37.